The standard InChI is InChI=1S/C46H28O.C12H11NO/c1-2-13-29(14-3-1)43-36-20-7-9-22-38(36)44(39-23-10-8-21-37(39)43)32-16-12-15-30(27-32)31-25-26-41-42(28-31)47-46-40-24-11-5-18-34(40)33-17-4-6-19-35(33)45(41)46;1-8-7-9(2)12(13-14)11-6-4-3-5-10(8)11/h1-28H;3-7H,1-2H3. The molecule has 12 rings (SSSR count). The van der Waals surface area contributed by atoms with Gasteiger partial charge in [0.05, 0.1) is 0 Å². The maximum atomic E-state index is 10.7. The second-order valence-electron chi connectivity index (χ2n) is 15.9. The number of furan rings is 1. The Morgan fingerprint density at radius 2 is 0.820 bits per heavy atom. The lowest BCUT2D eigenvalue weighted by Gasteiger charge is -2.18. The summed E-state index contributed by atoms with van der Waals surface area (Å²) in [6, 6.07) is 71.2. The average Bonchev–Trinajstić information content (AvgIpc) is 3.71. The smallest absolute Gasteiger partial charge is 0.143 e. The van der Waals surface area contributed by atoms with Gasteiger partial charge in [0.25, 0.3) is 0 Å². The van der Waals surface area contributed by atoms with E-state index in [1.165, 1.54) is 76.5 Å². The van der Waals surface area contributed by atoms with E-state index in [9.17, 15) is 4.91 Å². The van der Waals surface area contributed by atoms with Gasteiger partial charge >= 0.3 is 0 Å². The Morgan fingerprint density at radius 1 is 0.344 bits per heavy atom. The van der Waals surface area contributed by atoms with Crippen LogP contribution in [-0.4, -0.2) is 0 Å². The van der Waals surface area contributed by atoms with Gasteiger partial charge in [-0.25, -0.2) is 0 Å². The van der Waals surface area contributed by atoms with E-state index in [0.717, 1.165) is 43.8 Å². The highest BCUT2D eigenvalue weighted by Gasteiger charge is 2.19. The molecule has 0 unspecified atom stereocenters. The molecule has 0 aliphatic carbocycles. The highest BCUT2D eigenvalue weighted by atomic mass is 16.3. The van der Waals surface area contributed by atoms with Gasteiger partial charge in [-0.15, -0.1) is 4.91 Å². The van der Waals surface area contributed by atoms with Crippen molar-refractivity contribution >= 4 is 81.5 Å². The predicted molar refractivity (Wildman–Crippen MR) is 259 cm³/mol. The number of rotatable bonds is 4. The molecule has 1 aromatic heterocycles. The molecule has 0 atom stereocenters. The summed E-state index contributed by atoms with van der Waals surface area (Å²) >= 11 is 0. The fraction of sp³-hybridized carbons (Fsp3) is 0.0345. The Balaban J connectivity index is 0.000000256. The van der Waals surface area contributed by atoms with E-state index in [2.05, 4.69) is 175 Å². The van der Waals surface area contributed by atoms with Gasteiger partial charge in [0.2, 0.25) is 0 Å². The van der Waals surface area contributed by atoms with Gasteiger partial charge in [-0.05, 0) is 125 Å². The maximum Gasteiger partial charge on any atom is 0.143 e. The van der Waals surface area contributed by atoms with Gasteiger partial charge in [0, 0.05) is 21.5 Å². The lowest BCUT2D eigenvalue weighted by Crippen LogP contribution is -1.91. The molecule has 61 heavy (non-hydrogen) atoms. The van der Waals surface area contributed by atoms with Crippen LogP contribution in [0.5, 0.6) is 0 Å². The zero-order valence-electron chi connectivity index (χ0n) is 33.8. The minimum atomic E-state index is 0.561. The number of fused-ring (bicyclic) bond motifs is 11. The molecule has 0 N–H and O–H groups in total. The summed E-state index contributed by atoms with van der Waals surface area (Å²) in [5.74, 6) is 0. The largest absolute Gasteiger partial charge is 0.455 e. The van der Waals surface area contributed by atoms with Crippen molar-refractivity contribution in [2.45, 2.75) is 13.8 Å². The predicted octanol–water partition coefficient (Wildman–Crippen LogP) is 17.1. The lowest BCUT2D eigenvalue weighted by molar-refractivity contribution is 0.673. The Bertz CT molecular complexity index is 3630. The zero-order chi connectivity index (χ0) is 41.0. The Morgan fingerprint density at radius 3 is 1.46 bits per heavy atom. The number of hydrogen-bond acceptors (Lipinski definition) is 3. The van der Waals surface area contributed by atoms with E-state index < -0.39 is 0 Å². The van der Waals surface area contributed by atoms with Crippen molar-refractivity contribution in [2.24, 2.45) is 5.18 Å². The van der Waals surface area contributed by atoms with Gasteiger partial charge in [0.1, 0.15) is 16.9 Å². The van der Waals surface area contributed by atoms with E-state index in [1.807, 2.05) is 44.2 Å². The van der Waals surface area contributed by atoms with Crippen molar-refractivity contribution in [3.63, 3.8) is 0 Å². The first-order valence-electron chi connectivity index (χ1n) is 20.7. The number of aryl methyl sites for hydroxylation is 2. The topological polar surface area (TPSA) is 42.6 Å². The summed E-state index contributed by atoms with van der Waals surface area (Å²) in [5, 5.41) is 17.4. The van der Waals surface area contributed by atoms with Crippen LogP contribution in [-0.2, 0) is 0 Å². The summed E-state index contributed by atoms with van der Waals surface area (Å²) in [6.45, 7) is 3.96. The molecule has 0 saturated carbocycles. The molecule has 3 nitrogen and oxygen atoms in total. The van der Waals surface area contributed by atoms with E-state index in [-0.39, 0.29) is 0 Å². The van der Waals surface area contributed by atoms with E-state index in [4.69, 9.17) is 4.42 Å². The molecular formula is C58H39NO2. The highest BCUT2D eigenvalue weighted by molar-refractivity contribution is 6.30. The SMILES string of the molecule is Cc1cc(C)c2ccccc2c1N=O.c1ccc(-c2c3ccccc3c(-c3cccc(-c4ccc5c(c4)oc4c6ccccc6c6ccccc6c54)c3)c3ccccc23)cc1. The van der Waals surface area contributed by atoms with Crippen LogP contribution < -0.4 is 0 Å². The van der Waals surface area contributed by atoms with Crippen LogP contribution in [0.1, 0.15) is 11.1 Å². The number of hydrogen-bond donors (Lipinski definition) is 0. The molecule has 1 heterocycles. The number of nitrogens with zero attached hydrogens (tertiary/aromatic N) is 1. The molecule has 0 bridgehead atoms. The number of benzene rings is 11. The average molecular weight is 782 g/mol. The first kappa shape index (κ1) is 36.2. The fourth-order valence-electron chi connectivity index (χ4n) is 9.63. The van der Waals surface area contributed by atoms with Crippen LogP contribution in [0, 0.1) is 18.8 Å². The summed E-state index contributed by atoms with van der Waals surface area (Å²) < 4.78 is 6.72. The molecule has 0 fully saturated rings. The molecule has 11 aromatic carbocycles. The Hall–Kier alpha value is -7.88. The van der Waals surface area contributed by atoms with Crippen molar-refractivity contribution in [3.8, 4) is 33.4 Å². The molecule has 0 radical (unpaired) electrons. The zero-order valence-corrected chi connectivity index (χ0v) is 33.8. The van der Waals surface area contributed by atoms with Gasteiger partial charge in [-0.2, -0.15) is 0 Å². The lowest BCUT2D eigenvalue weighted by atomic mass is 9.85. The van der Waals surface area contributed by atoms with Crippen molar-refractivity contribution in [3.05, 3.63) is 216 Å². The van der Waals surface area contributed by atoms with Gasteiger partial charge in [0.15, 0.2) is 0 Å². The molecule has 12 aromatic rings. The van der Waals surface area contributed by atoms with Crippen molar-refractivity contribution < 1.29 is 4.42 Å². The maximum absolute atomic E-state index is 10.7. The molecule has 288 valence electrons. The third-order valence-electron chi connectivity index (χ3n) is 12.3. The van der Waals surface area contributed by atoms with Gasteiger partial charge in [-0.3, -0.25) is 0 Å². The van der Waals surface area contributed by atoms with Crippen molar-refractivity contribution in [1.82, 2.24) is 0 Å². The first-order chi connectivity index (χ1) is 30.1. The van der Waals surface area contributed by atoms with Gasteiger partial charge < -0.3 is 4.42 Å². The third kappa shape index (κ3) is 5.97. The highest BCUT2D eigenvalue weighted by Crippen LogP contribution is 2.45. The Labute approximate surface area is 353 Å². The van der Waals surface area contributed by atoms with E-state index in [0.29, 0.717) is 5.69 Å². The summed E-state index contributed by atoms with van der Waals surface area (Å²) in [7, 11) is 0. The molecule has 0 spiro atoms. The second kappa shape index (κ2) is 14.7. The molecule has 0 aliphatic heterocycles. The van der Waals surface area contributed by atoms with E-state index in [1.54, 1.807) is 0 Å². The molecule has 0 saturated heterocycles. The van der Waals surface area contributed by atoms with Crippen LogP contribution in [0.2, 0.25) is 0 Å². The van der Waals surface area contributed by atoms with Crippen LogP contribution in [0.4, 0.5) is 5.69 Å². The normalized spacial score (nSPS) is 11.5. The minimum Gasteiger partial charge on any atom is -0.455 e. The van der Waals surface area contributed by atoms with Crippen molar-refractivity contribution in [2.75, 3.05) is 0 Å². The monoisotopic (exact) mass is 781 g/mol. The molecular weight excluding hydrogens is 743 g/mol. The van der Waals surface area contributed by atoms with Crippen LogP contribution in [0.15, 0.2) is 210 Å². The van der Waals surface area contributed by atoms with Crippen LogP contribution in [0.25, 0.3) is 109 Å². The summed E-state index contributed by atoms with van der Waals surface area (Å²) in [6.07, 6.45) is 0. The van der Waals surface area contributed by atoms with Crippen LogP contribution >= 0.6 is 0 Å². The molecule has 3 heteroatoms. The second-order valence-corrected chi connectivity index (χ2v) is 15.9. The quantitative estimate of drug-likeness (QED) is 0.101. The van der Waals surface area contributed by atoms with Crippen molar-refractivity contribution in [1.29, 1.82) is 0 Å². The summed E-state index contributed by atoms with van der Waals surface area (Å²) in [4.78, 5) is 10.7. The number of nitroso groups, excluding NO2 is 1. The van der Waals surface area contributed by atoms with Crippen LogP contribution in [0.3, 0.4) is 0 Å². The first-order valence-corrected chi connectivity index (χ1v) is 20.7. The summed E-state index contributed by atoms with van der Waals surface area (Å²) in [5.41, 5.74) is 11.8. The fourth-order valence-corrected chi connectivity index (χ4v) is 9.63. The minimum absolute atomic E-state index is 0.561. The Kier molecular flexibility index (Phi) is 8.75. The third-order valence-corrected chi connectivity index (χ3v) is 12.3. The van der Waals surface area contributed by atoms with E-state index >= 15 is 0 Å². The molecule has 0 aliphatic rings. The molecule has 0 amide bonds. The van der Waals surface area contributed by atoms with Gasteiger partial charge in [-0.1, -0.05) is 182 Å².